The van der Waals surface area contributed by atoms with Crippen LogP contribution in [-0.2, 0) is 4.74 Å². The fraction of sp³-hybridized carbons (Fsp3) is 1.00. The van der Waals surface area contributed by atoms with E-state index in [1.165, 1.54) is 44.9 Å². The second-order valence-electron chi connectivity index (χ2n) is 6.38. The molecule has 0 aromatic carbocycles. The van der Waals surface area contributed by atoms with E-state index in [0.717, 1.165) is 11.9 Å². The van der Waals surface area contributed by atoms with Crippen LogP contribution in [-0.4, -0.2) is 48.5 Å². The summed E-state index contributed by atoms with van der Waals surface area (Å²) >= 11 is 1.97. The van der Waals surface area contributed by atoms with Crippen LogP contribution < -0.4 is 5.32 Å². The zero-order chi connectivity index (χ0) is 15.5. The van der Waals surface area contributed by atoms with Crippen molar-refractivity contribution in [1.29, 1.82) is 0 Å². The van der Waals surface area contributed by atoms with Crippen molar-refractivity contribution in [2.75, 3.05) is 26.0 Å². The second-order valence-corrected chi connectivity index (χ2v) is 7.52. The van der Waals surface area contributed by atoms with Crippen molar-refractivity contribution >= 4 is 11.8 Å². The first-order valence-electron chi connectivity index (χ1n) is 8.71. The third-order valence-corrected chi connectivity index (χ3v) is 5.66. The first-order valence-corrected chi connectivity index (χ1v) is 10.00. The highest BCUT2D eigenvalue weighted by atomic mass is 32.2. The van der Waals surface area contributed by atoms with Gasteiger partial charge in [-0.1, -0.05) is 33.1 Å². The Balaban J connectivity index is 2.04. The van der Waals surface area contributed by atoms with Crippen LogP contribution in [0.2, 0.25) is 0 Å². The van der Waals surface area contributed by atoms with Crippen molar-refractivity contribution < 1.29 is 9.84 Å². The van der Waals surface area contributed by atoms with Gasteiger partial charge < -0.3 is 15.2 Å². The third-order valence-electron chi connectivity index (χ3n) is 4.57. The lowest BCUT2D eigenvalue weighted by Crippen LogP contribution is -2.36. The molecule has 4 heteroatoms. The number of unbranched alkanes of at least 4 members (excludes halogenated alkanes) is 1. The molecule has 1 aliphatic rings. The Labute approximate surface area is 135 Å². The van der Waals surface area contributed by atoms with E-state index in [2.05, 4.69) is 25.4 Å². The molecule has 0 spiro atoms. The number of thioether (sulfide) groups is 1. The van der Waals surface area contributed by atoms with Crippen LogP contribution in [0.5, 0.6) is 0 Å². The second kappa shape index (κ2) is 11.8. The predicted octanol–water partition coefficient (Wildman–Crippen LogP) is 3.45. The number of aliphatic hydroxyl groups excluding tert-OH is 1. The lowest BCUT2D eigenvalue weighted by Gasteiger charge is -2.19. The van der Waals surface area contributed by atoms with Gasteiger partial charge in [0, 0.05) is 24.4 Å². The van der Waals surface area contributed by atoms with Gasteiger partial charge in [0.05, 0.1) is 12.7 Å². The maximum Gasteiger partial charge on any atom is 0.0897 e. The van der Waals surface area contributed by atoms with Crippen LogP contribution in [0.1, 0.15) is 58.8 Å². The molecule has 1 rings (SSSR count). The molecular weight excluding hydrogens is 282 g/mol. The summed E-state index contributed by atoms with van der Waals surface area (Å²) in [4.78, 5) is 0. The number of hydrogen-bond donors (Lipinski definition) is 2. The van der Waals surface area contributed by atoms with E-state index in [1.54, 1.807) is 0 Å². The molecule has 0 saturated heterocycles. The first-order chi connectivity index (χ1) is 10.2. The highest BCUT2D eigenvalue weighted by Crippen LogP contribution is 2.27. The lowest BCUT2D eigenvalue weighted by atomic mass is 10.0. The minimum Gasteiger partial charge on any atom is -0.389 e. The summed E-state index contributed by atoms with van der Waals surface area (Å²) < 4.78 is 5.71. The Morgan fingerprint density at radius 2 is 2.10 bits per heavy atom. The maximum absolute atomic E-state index is 10.0. The van der Waals surface area contributed by atoms with E-state index in [9.17, 15) is 5.11 Å². The topological polar surface area (TPSA) is 41.5 Å². The average molecular weight is 318 g/mol. The first kappa shape index (κ1) is 19.3. The maximum atomic E-state index is 10.0. The number of nitrogens with one attached hydrogen (secondary N) is 1. The molecule has 0 aromatic rings. The Hall–Kier alpha value is 0.230. The third kappa shape index (κ3) is 8.44. The Morgan fingerprint density at radius 1 is 1.29 bits per heavy atom. The summed E-state index contributed by atoms with van der Waals surface area (Å²) in [6.07, 6.45) is 10.6. The fourth-order valence-electron chi connectivity index (χ4n) is 2.97. The van der Waals surface area contributed by atoms with Gasteiger partial charge in [0.15, 0.2) is 0 Å². The fourth-order valence-corrected chi connectivity index (χ4v) is 3.77. The minimum absolute atomic E-state index is 0.373. The molecule has 4 unspecified atom stereocenters. The lowest BCUT2D eigenvalue weighted by molar-refractivity contribution is 0.0184. The monoisotopic (exact) mass is 317 g/mol. The molecule has 2 N–H and O–H groups in total. The molecule has 0 radical (unpaired) electrons. The van der Waals surface area contributed by atoms with Gasteiger partial charge in [0.25, 0.3) is 0 Å². The molecule has 1 saturated carbocycles. The van der Waals surface area contributed by atoms with Crippen molar-refractivity contribution in [3.63, 3.8) is 0 Å². The van der Waals surface area contributed by atoms with Crippen molar-refractivity contribution in [3.05, 3.63) is 0 Å². The zero-order valence-electron chi connectivity index (χ0n) is 14.1. The summed E-state index contributed by atoms with van der Waals surface area (Å²) in [6.45, 7) is 6.38. The Morgan fingerprint density at radius 3 is 2.71 bits per heavy atom. The van der Waals surface area contributed by atoms with Crippen LogP contribution in [0.15, 0.2) is 0 Å². The number of rotatable bonds is 12. The highest BCUT2D eigenvalue weighted by molar-refractivity contribution is 7.99. The number of aliphatic hydroxyl groups is 1. The molecule has 0 bridgehead atoms. The van der Waals surface area contributed by atoms with Crippen molar-refractivity contribution in [2.45, 2.75) is 76.2 Å². The molecule has 126 valence electrons. The molecule has 0 amide bonds. The van der Waals surface area contributed by atoms with Gasteiger partial charge in [-0.3, -0.25) is 0 Å². The van der Waals surface area contributed by atoms with E-state index < -0.39 is 0 Å². The van der Waals surface area contributed by atoms with E-state index in [4.69, 9.17) is 4.74 Å². The summed E-state index contributed by atoms with van der Waals surface area (Å²) in [7, 11) is 0. The van der Waals surface area contributed by atoms with Gasteiger partial charge in [-0.15, -0.1) is 0 Å². The van der Waals surface area contributed by atoms with Crippen LogP contribution in [0.4, 0.5) is 0 Å². The standard InChI is InChI=1S/C17H35NO2S/c1-4-6-7-14(5-2)12-20-13-16(19)11-18-15-8-9-17(10-15)21-3/h14-19H,4-13H2,1-3H3. The summed E-state index contributed by atoms with van der Waals surface area (Å²) in [5, 5.41) is 14.3. The molecule has 0 aromatic heterocycles. The molecule has 3 nitrogen and oxygen atoms in total. The summed E-state index contributed by atoms with van der Waals surface area (Å²) in [5.74, 6) is 0.655. The zero-order valence-corrected chi connectivity index (χ0v) is 15.0. The quantitative estimate of drug-likeness (QED) is 0.578. The smallest absolute Gasteiger partial charge is 0.0897 e. The van der Waals surface area contributed by atoms with Gasteiger partial charge in [-0.05, 0) is 37.9 Å². The van der Waals surface area contributed by atoms with E-state index in [0.29, 0.717) is 25.1 Å². The van der Waals surface area contributed by atoms with E-state index in [-0.39, 0.29) is 6.10 Å². The molecule has 0 aliphatic heterocycles. The minimum atomic E-state index is -0.373. The Bertz CT molecular complexity index is 253. The summed E-state index contributed by atoms with van der Waals surface area (Å²) in [6, 6.07) is 0.588. The molecule has 1 fully saturated rings. The van der Waals surface area contributed by atoms with Gasteiger partial charge >= 0.3 is 0 Å². The van der Waals surface area contributed by atoms with Gasteiger partial charge in [-0.2, -0.15) is 11.8 Å². The van der Waals surface area contributed by atoms with Crippen LogP contribution in [0.25, 0.3) is 0 Å². The molecule has 21 heavy (non-hydrogen) atoms. The highest BCUT2D eigenvalue weighted by Gasteiger charge is 2.23. The van der Waals surface area contributed by atoms with Crippen molar-refractivity contribution in [1.82, 2.24) is 5.32 Å². The van der Waals surface area contributed by atoms with Crippen molar-refractivity contribution in [2.24, 2.45) is 5.92 Å². The van der Waals surface area contributed by atoms with E-state index >= 15 is 0 Å². The van der Waals surface area contributed by atoms with Crippen LogP contribution >= 0.6 is 11.8 Å². The summed E-state index contributed by atoms with van der Waals surface area (Å²) in [5.41, 5.74) is 0. The predicted molar refractivity (Wildman–Crippen MR) is 93.1 cm³/mol. The van der Waals surface area contributed by atoms with E-state index in [1.807, 2.05) is 11.8 Å². The van der Waals surface area contributed by atoms with Crippen LogP contribution in [0, 0.1) is 5.92 Å². The van der Waals surface area contributed by atoms with Gasteiger partial charge in [0.1, 0.15) is 0 Å². The Kier molecular flexibility index (Phi) is 10.8. The number of hydrogen-bond acceptors (Lipinski definition) is 4. The van der Waals surface area contributed by atoms with Crippen LogP contribution in [0.3, 0.4) is 0 Å². The SMILES string of the molecule is CCCCC(CC)COCC(O)CNC1CCC(SC)C1. The van der Waals surface area contributed by atoms with Gasteiger partial charge in [-0.25, -0.2) is 0 Å². The largest absolute Gasteiger partial charge is 0.389 e. The molecular formula is C17H35NO2S. The molecule has 1 aliphatic carbocycles. The normalized spacial score (nSPS) is 25.1. The van der Waals surface area contributed by atoms with Crippen molar-refractivity contribution in [3.8, 4) is 0 Å². The average Bonchev–Trinajstić information content (AvgIpc) is 2.96. The van der Waals surface area contributed by atoms with Gasteiger partial charge in [0.2, 0.25) is 0 Å². The molecule has 0 heterocycles. The number of ether oxygens (including phenoxy) is 1. The molecule has 4 atom stereocenters.